The molecule has 0 radical (unpaired) electrons. The number of rotatable bonds is 2. The Hall–Kier alpha value is -1.43. The summed E-state index contributed by atoms with van der Waals surface area (Å²) in [5.41, 5.74) is 2.36. The van der Waals surface area contributed by atoms with Crippen molar-refractivity contribution in [2.45, 2.75) is 31.7 Å². The number of piperidine rings is 1. The van der Waals surface area contributed by atoms with E-state index in [1.165, 1.54) is 5.56 Å². The van der Waals surface area contributed by atoms with Crippen LogP contribution in [0.1, 0.15) is 23.7 Å². The maximum atomic E-state index is 5.94. The first kappa shape index (κ1) is 13.2. The van der Waals surface area contributed by atoms with Crippen molar-refractivity contribution < 1.29 is 4.74 Å². The first-order valence-electron chi connectivity index (χ1n) is 7.27. The molecule has 0 saturated carbocycles. The Morgan fingerprint density at radius 1 is 1.29 bits per heavy atom. The fourth-order valence-electron chi connectivity index (χ4n) is 3.24. The molecule has 1 aromatic carbocycles. The van der Waals surface area contributed by atoms with Crippen molar-refractivity contribution in [1.82, 2.24) is 19.9 Å². The predicted octanol–water partition coefficient (Wildman–Crippen LogP) is 2.28. The molecular weight excluding hydrogens is 288 g/mol. The average Bonchev–Trinajstić information content (AvgIpc) is 2.98. The van der Waals surface area contributed by atoms with Crippen LogP contribution < -0.4 is 0 Å². The SMILES string of the molecule is Clc1ccc(CN2CC[C@@H]3OCc4cnnn4[C@H]3C2)cc1. The molecule has 1 saturated heterocycles. The van der Waals surface area contributed by atoms with Gasteiger partial charge < -0.3 is 4.74 Å². The van der Waals surface area contributed by atoms with E-state index >= 15 is 0 Å². The predicted molar refractivity (Wildman–Crippen MR) is 79.0 cm³/mol. The summed E-state index contributed by atoms with van der Waals surface area (Å²) in [6.07, 6.45) is 3.10. The van der Waals surface area contributed by atoms with E-state index in [9.17, 15) is 0 Å². The minimum Gasteiger partial charge on any atom is -0.370 e. The summed E-state index contributed by atoms with van der Waals surface area (Å²) in [6.45, 7) is 3.56. The molecule has 0 spiro atoms. The van der Waals surface area contributed by atoms with Crippen LogP contribution in [-0.4, -0.2) is 39.1 Å². The van der Waals surface area contributed by atoms with Crippen molar-refractivity contribution in [2.75, 3.05) is 13.1 Å². The van der Waals surface area contributed by atoms with Gasteiger partial charge in [-0.25, -0.2) is 4.68 Å². The summed E-state index contributed by atoms with van der Waals surface area (Å²) in [5.74, 6) is 0. The zero-order valence-electron chi connectivity index (χ0n) is 11.7. The number of halogens is 1. The molecule has 110 valence electrons. The average molecular weight is 305 g/mol. The molecule has 1 fully saturated rings. The number of fused-ring (bicyclic) bond motifs is 3. The minimum atomic E-state index is 0.265. The van der Waals surface area contributed by atoms with Crippen LogP contribution in [0.3, 0.4) is 0 Å². The van der Waals surface area contributed by atoms with Gasteiger partial charge in [0.2, 0.25) is 0 Å². The lowest BCUT2D eigenvalue weighted by Gasteiger charge is -2.41. The smallest absolute Gasteiger partial charge is 0.0930 e. The van der Waals surface area contributed by atoms with Crippen LogP contribution in [0, 0.1) is 0 Å². The lowest BCUT2D eigenvalue weighted by Crippen LogP contribution is -2.47. The molecule has 6 heteroatoms. The lowest BCUT2D eigenvalue weighted by atomic mass is 10.00. The molecule has 2 aliphatic rings. The topological polar surface area (TPSA) is 43.2 Å². The normalized spacial score (nSPS) is 25.4. The molecule has 1 aromatic heterocycles. The van der Waals surface area contributed by atoms with Crippen molar-refractivity contribution >= 4 is 11.6 Å². The quantitative estimate of drug-likeness (QED) is 0.854. The Morgan fingerprint density at radius 2 is 2.14 bits per heavy atom. The Balaban J connectivity index is 1.49. The van der Waals surface area contributed by atoms with Gasteiger partial charge in [-0.3, -0.25) is 4.90 Å². The van der Waals surface area contributed by atoms with Gasteiger partial charge in [0.15, 0.2) is 0 Å². The molecule has 0 unspecified atom stereocenters. The van der Waals surface area contributed by atoms with Crippen LogP contribution in [0.25, 0.3) is 0 Å². The van der Waals surface area contributed by atoms with Crippen LogP contribution in [0.15, 0.2) is 30.5 Å². The molecule has 0 aliphatic carbocycles. The standard InChI is InChI=1S/C15H17ClN4O/c16-12-3-1-11(2-4-12)8-19-6-5-15-14(9-19)20-13(10-21-15)7-17-18-20/h1-4,7,14-15H,5-6,8-10H2/t14-,15-/m0/s1. The highest BCUT2D eigenvalue weighted by molar-refractivity contribution is 6.30. The molecule has 2 aromatic rings. The summed E-state index contributed by atoms with van der Waals surface area (Å²) in [4.78, 5) is 2.45. The van der Waals surface area contributed by atoms with Gasteiger partial charge in [-0.2, -0.15) is 0 Å². The largest absolute Gasteiger partial charge is 0.370 e. The molecule has 0 bridgehead atoms. The Bertz CT molecular complexity index is 627. The fraction of sp³-hybridized carbons (Fsp3) is 0.467. The number of likely N-dealkylation sites (tertiary alicyclic amines) is 1. The molecule has 3 heterocycles. The molecule has 5 nitrogen and oxygen atoms in total. The van der Waals surface area contributed by atoms with Gasteiger partial charge in [0.1, 0.15) is 0 Å². The van der Waals surface area contributed by atoms with E-state index in [1.807, 2.05) is 16.8 Å². The highest BCUT2D eigenvalue weighted by Gasteiger charge is 2.36. The van der Waals surface area contributed by atoms with Crippen molar-refractivity contribution in [1.29, 1.82) is 0 Å². The van der Waals surface area contributed by atoms with Gasteiger partial charge in [0, 0.05) is 24.7 Å². The zero-order valence-corrected chi connectivity index (χ0v) is 12.4. The number of aromatic nitrogens is 3. The number of benzene rings is 1. The molecule has 21 heavy (non-hydrogen) atoms. The van der Waals surface area contributed by atoms with E-state index in [4.69, 9.17) is 16.3 Å². The Kier molecular flexibility index (Phi) is 3.41. The minimum absolute atomic E-state index is 0.265. The van der Waals surface area contributed by atoms with E-state index in [2.05, 4.69) is 27.3 Å². The van der Waals surface area contributed by atoms with Gasteiger partial charge >= 0.3 is 0 Å². The van der Waals surface area contributed by atoms with E-state index in [0.29, 0.717) is 6.61 Å². The molecular formula is C15H17ClN4O. The second-order valence-corrected chi connectivity index (χ2v) is 6.17. The van der Waals surface area contributed by atoms with Crippen LogP contribution in [0.2, 0.25) is 5.02 Å². The lowest BCUT2D eigenvalue weighted by molar-refractivity contribution is -0.0669. The van der Waals surface area contributed by atoms with E-state index < -0.39 is 0 Å². The van der Waals surface area contributed by atoms with Crippen LogP contribution >= 0.6 is 11.6 Å². The van der Waals surface area contributed by atoms with Crippen LogP contribution in [-0.2, 0) is 17.9 Å². The number of hydrogen-bond donors (Lipinski definition) is 0. The Morgan fingerprint density at radius 3 is 3.00 bits per heavy atom. The van der Waals surface area contributed by atoms with E-state index in [0.717, 1.165) is 36.8 Å². The first-order valence-corrected chi connectivity index (χ1v) is 7.65. The monoisotopic (exact) mass is 304 g/mol. The maximum Gasteiger partial charge on any atom is 0.0930 e. The second kappa shape index (κ2) is 5.40. The number of ether oxygens (including phenoxy) is 1. The molecule has 0 amide bonds. The summed E-state index contributed by atoms with van der Waals surface area (Å²) in [6, 6.07) is 8.35. The highest BCUT2D eigenvalue weighted by Crippen LogP contribution is 2.30. The van der Waals surface area contributed by atoms with Crippen LogP contribution in [0.5, 0.6) is 0 Å². The molecule has 0 N–H and O–H groups in total. The number of nitrogens with zero attached hydrogens (tertiary/aromatic N) is 4. The third-order valence-electron chi connectivity index (χ3n) is 4.33. The number of hydrogen-bond acceptors (Lipinski definition) is 4. The van der Waals surface area contributed by atoms with E-state index in [1.54, 1.807) is 6.20 Å². The maximum absolute atomic E-state index is 5.94. The van der Waals surface area contributed by atoms with Crippen molar-refractivity contribution in [3.05, 3.63) is 46.7 Å². The molecule has 2 aliphatic heterocycles. The Labute approximate surface area is 128 Å². The van der Waals surface area contributed by atoms with E-state index in [-0.39, 0.29) is 12.1 Å². The van der Waals surface area contributed by atoms with Crippen molar-refractivity contribution in [3.63, 3.8) is 0 Å². The van der Waals surface area contributed by atoms with Gasteiger partial charge in [-0.15, -0.1) is 5.10 Å². The first-order chi connectivity index (χ1) is 10.3. The van der Waals surface area contributed by atoms with Crippen molar-refractivity contribution in [3.8, 4) is 0 Å². The third-order valence-corrected chi connectivity index (χ3v) is 4.58. The zero-order chi connectivity index (χ0) is 14.2. The van der Waals surface area contributed by atoms with Gasteiger partial charge in [0.05, 0.1) is 30.6 Å². The van der Waals surface area contributed by atoms with Gasteiger partial charge in [0.25, 0.3) is 0 Å². The summed E-state index contributed by atoms with van der Waals surface area (Å²) in [5, 5.41) is 9.03. The summed E-state index contributed by atoms with van der Waals surface area (Å²) in [7, 11) is 0. The fourth-order valence-corrected chi connectivity index (χ4v) is 3.36. The van der Waals surface area contributed by atoms with Gasteiger partial charge in [-0.05, 0) is 24.1 Å². The van der Waals surface area contributed by atoms with Gasteiger partial charge in [-0.1, -0.05) is 28.9 Å². The molecule has 4 rings (SSSR count). The summed E-state index contributed by atoms with van der Waals surface area (Å²) >= 11 is 5.94. The molecule has 2 atom stereocenters. The second-order valence-electron chi connectivity index (χ2n) is 5.74. The third kappa shape index (κ3) is 2.57. The van der Waals surface area contributed by atoms with Crippen molar-refractivity contribution in [2.24, 2.45) is 0 Å². The summed E-state index contributed by atoms with van der Waals surface area (Å²) < 4.78 is 7.98. The van der Waals surface area contributed by atoms with Crippen LogP contribution in [0.4, 0.5) is 0 Å². The highest BCUT2D eigenvalue weighted by atomic mass is 35.5.